The van der Waals surface area contributed by atoms with Crippen LogP contribution in [0.15, 0.2) is 30.3 Å². The molecule has 3 rings (SSSR count). The lowest BCUT2D eigenvalue weighted by molar-refractivity contribution is 0.0569. The number of carbonyl (C=O) groups is 1. The van der Waals surface area contributed by atoms with Crippen LogP contribution in [0.4, 0.5) is 0 Å². The van der Waals surface area contributed by atoms with Gasteiger partial charge in [-0.25, -0.2) is 0 Å². The number of unbranched alkanes of at least 4 members (excludes halogenated alkanes) is 1. The van der Waals surface area contributed by atoms with Crippen molar-refractivity contribution in [2.75, 3.05) is 32.8 Å². The van der Waals surface area contributed by atoms with Crippen LogP contribution in [0, 0.1) is 33.6 Å². The molecule has 0 spiro atoms. The first-order chi connectivity index (χ1) is 15.3. The van der Waals surface area contributed by atoms with Gasteiger partial charge in [-0.3, -0.25) is 9.69 Å². The molecule has 1 saturated heterocycles. The lowest BCUT2D eigenvalue weighted by Crippen LogP contribution is -2.52. The minimum atomic E-state index is 0.0266. The van der Waals surface area contributed by atoms with Crippen molar-refractivity contribution in [1.82, 2.24) is 10.2 Å². The zero-order chi connectivity index (χ0) is 23.3. The molecule has 1 fully saturated rings. The molecular weight excluding hydrogens is 400 g/mol. The van der Waals surface area contributed by atoms with Gasteiger partial charge >= 0.3 is 0 Å². The van der Waals surface area contributed by atoms with Gasteiger partial charge in [-0.15, -0.1) is 0 Å². The molecule has 1 aliphatic rings. The van der Waals surface area contributed by atoms with Crippen LogP contribution in [0.3, 0.4) is 0 Å². The second-order valence-corrected chi connectivity index (χ2v) is 9.21. The van der Waals surface area contributed by atoms with Crippen molar-refractivity contribution in [3.05, 3.63) is 63.7 Å². The maximum Gasteiger partial charge on any atom is 0.251 e. The molecule has 1 aliphatic heterocycles. The van der Waals surface area contributed by atoms with Gasteiger partial charge in [0.2, 0.25) is 0 Å². The van der Waals surface area contributed by atoms with Gasteiger partial charge in [0.25, 0.3) is 5.91 Å². The molecular formula is C27H38N2O3. The summed E-state index contributed by atoms with van der Waals surface area (Å²) in [5, 5.41) is 12.0. The summed E-state index contributed by atoms with van der Waals surface area (Å²) >= 11 is 0. The summed E-state index contributed by atoms with van der Waals surface area (Å²) in [5.74, 6) is 1.45. The molecule has 1 heterocycles. The third kappa shape index (κ3) is 5.70. The lowest BCUT2D eigenvalue weighted by atomic mass is 9.91. The van der Waals surface area contributed by atoms with Crippen LogP contribution in [0.2, 0.25) is 0 Å². The fraction of sp³-hybridized carbons (Fsp3) is 0.519. The Morgan fingerprint density at radius 2 is 1.88 bits per heavy atom. The molecule has 0 bridgehead atoms. The highest BCUT2D eigenvalue weighted by atomic mass is 16.5. The van der Waals surface area contributed by atoms with E-state index >= 15 is 0 Å². The highest BCUT2D eigenvalue weighted by molar-refractivity contribution is 5.95. The standard InChI is InChI=1S/C27H38N2O3/c1-18-8-9-19(2)25(14-18)27(31)28-15-23-16-29(17-23)22(5)24-10-11-26(21(4)20(24)3)32-13-7-6-12-30/h8-11,14,22-23,30H,6-7,12-13,15-17H2,1-5H3,(H,28,31). The fourth-order valence-electron chi connectivity index (χ4n) is 4.39. The Morgan fingerprint density at radius 1 is 1.12 bits per heavy atom. The van der Waals surface area contributed by atoms with Crippen molar-refractivity contribution in [3.63, 3.8) is 0 Å². The summed E-state index contributed by atoms with van der Waals surface area (Å²) in [6.07, 6.45) is 1.64. The number of aliphatic hydroxyl groups excluding tert-OH is 1. The molecule has 0 aromatic heterocycles. The molecule has 32 heavy (non-hydrogen) atoms. The number of ether oxygens (including phenoxy) is 1. The predicted molar refractivity (Wildman–Crippen MR) is 129 cm³/mol. The van der Waals surface area contributed by atoms with Crippen molar-refractivity contribution in [1.29, 1.82) is 0 Å². The molecule has 174 valence electrons. The van der Waals surface area contributed by atoms with Crippen LogP contribution in [-0.2, 0) is 0 Å². The number of amides is 1. The minimum absolute atomic E-state index is 0.0266. The summed E-state index contributed by atoms with van der Waals surface area (Å²) in [6, 6.07) is 10.6. The second kappa shape index (κ2) is 11.0. The van der Waals surface area contributed by atoms with Crippen molar-refractivity contribution >= 4 is 5.91 Å². The Morgan fingerprint density at radius 3 is 2.59 bits per heavy atom. The molecule has 5 heteroatoms. The van der Waals surface area contributed by atoms with E-state index in [2.05, 4.69) is 43.1 Å². The SMILES string of the molecule is Cc1ccc(C)c(C(=O)NCC2CN(C(C)c3ccc(OCCCCO)c(C)c3C)C2)c1. The molecule has 1 atom stereocenters. The van der Waals surface area contributed by atoms with Gasteiger partial charge in [0.15, 0.2) is 0 Å². The van der Waals surface area contributed by atoms with Crippen LogP contribution in [0.1, 0.15) is 64.0 Å². The van der Waals surface area contributed by atoms with E-state index in [1.54, 1.807) is 0 Å². The minimum Gasteiger partial charge on any atom is -0.493 e. The number of hydrogen-bond acceptors (Lipinski definition) is 4. The van der Waals surface area contributed by atoms with Crippen LogP contribution in [0.25, 0.3) is 0 Å². The summed E-state index contributed by atoms with van der Waals surface area (Å²) in [5.41, 5.74) is 6.71. The molecule has 0 aliphatic carbocycles. The molecule has 0 radical (unpaired) electrons. The number of hydrogen-bond donors (Lipinski definition) is 2. The molecule has 2 aromatic carbocycles. The van der Waals surface area contributed by atoms with Crippen molar-refractivity contribution in [3.8, 4) is 5.75 Å². The van der Waals surface area contributed by atoms with Crippen molar-refractivity contribution in [2.24, 2.45) is 5.92 Å². The maximum atomic E-state index is 12.6. The van der Waals surface area contributed by atoms with Crippen LogP contribution >= 0.6 is 0 Å². The number of benzene rings is 2. The average Bonchev–Trinajstić information content (AvgIpc) is 2.74. The quantitative estimate of drug-likeness (QED) is 0.537. The van der Waals surface area contributed by atoms with Crippen LogP contribution in [0.5, 0.6) is 5.75 Å². The Kier molecular flexibility index (Phi) is 8.32. The molecule has 0 saturated carbocycles. The van der Waals surface area contributed by atoms with E-state index in [-0.39, 0.29) is 12.5 Å². The van der Waals surface area contributed by atoms with E-state index in [0.717, 1.165) is 48.4 Å². The first-order valence-electron chi connectivity index (χ1n) is 11.7. The van der Waals surface area contributed by atoms with E-state index < -0.39 is 0 Å². The number of likely N-dealkylation sites (tertiary alicyclic amines) is 1. The number of aryl methyl sites for hydroxylation is 2. The summed E-state index contributed by atoms with van der Waals surface area (Å²) in [7, 11) is 0. The first-order valence-corrected chi connectivity index (χ1v) is 11.7. The van der Waals surface area contributed by atoms with Gasteiger partial charge in [-0.1, -0.05) is 23.8 Å². The predicted octanol–water partition coefficient (Wildman–Crippen LogP) is 4.49. The van der Waals surface area contributed by atoms with Crippen molar-refractivity contribution < 1.29 is 14.6 Å². The zero-order valence-electron chi connectivity index (χ0n) is 20.2. The first kappa shape index (κ1) is 24.3. The smallest absolute Gasteiger partial charge is 0.251 e. The summed E-state index contributed by atoms with van der Waals surface area (Å²) < 4.78 is 5.91. The maximum absolute atomic E-state index is 12.6. The number of aliphatic hydroxyl groups is 1. The van der Waals surface area contributed by atoms with Crippen LogP contribution < -0.4 is 10.1 Å². The normalized spacial score (nSPS) is 15.3. The molecule has 2 N–H and O–H groups in total. The number of carbonyl (C=O) groups excluding carboxylic acids is 1. The summed E-state index contributed by atoms with van der Waals surface area (Å²) in [6.45, 7) is 14.1. The van der Waals surface area contributed by atoms with Gasteiger partial charge in [0.05, 0.1) is 6.61 Å². The van der Waals surface area contributed by atoms with E-state index in [0.29, 0.717) is 25.1 Å². The van der Waals surface area contributed by atoms with Gasteiger partial charge in [-0.2, -0.15) is 0 Å². The monoisotopic (exact) mass is 438 g/mol. The topological polar surface area (TPSA) is 61.8 Å². The van der Waals surface area contributed by atoms with E-state index in [1.165, 1.54) is 16.7 Å². The second-order valence-electron chi connectivity index (χ2n) is 9.21. The van der Waals surface area contributed by atoms with Crippen LogP contribution in [-0.4, -0.2) is 48.8 Å². The fourth-order valence-corrected chi connectivity index (χ4v) is 4.39. The number of nitrogens with zero attached hydrogens (tertiary/aromatic N) is 1. The van der Waals surface area contributed by atoms with E-state index in [1.807, 2.05) is 32.0 Å². The third-order valence-corrected chi connectivity index (χ3v) is 6.76. The highest BCUT2D eigenvalue weighted by Gasteiger charge is 2.32. The van der Waals surface area contributed by atoms with Crippen molar-refractivity contribution in [2.45, 2.75) is 53.5 Å². The number of nitrogens with one attached hydrogen (secondary N) is 1. The molecule has 2 aromatic rings. The Hall–Kier alpha value is -2.37. The molecule has 1 amide bonds. The third-order valence-electron chi connectivity index (χ3n) is 6.76. The molecule has 5 nitrogen and oxygen atoms in total. The van der Waals surface area contributed by atoms with Gasteiger partial charge < -0.3 is 15.2 Å². The largest absolute Gasteiger partial charge is 0.493 e. The average molecular weight is 439 g/mol. The van der Waals surface area contributed by atoms with Gasteiger partial charge in [0, 0.05) is 43.8 Å². The Balaban J connectivity index is 1.50. The highest BCUT2D eigenvalue weighted by Crippen LogP contribution is 2.34. The number of rotatable bonds is 10. The van der Waals surface area contributed by atoms with Gasteiger partial charge in [0.1, 0.15) is 5.75 Å². The molecule has 1 unspecified atom stereocenters. The summed E-state index contributed by atoms with van der Waals surface area (Å²) in [4.78, 5) is 15.0. The van der Waals surface area contributed by atoms with Gasteiger partial charge in [-0.05, 0) is 81.8 Å². The van der Waals surface area contributed by atoms with E-state index in [9.17, 15) is 4.79 Å². The Bertz CT molecular complexity index is 935. The van der Waals surface area contributed by atoms with E-state index in [4.69, 9.17) is 9.84 Å². The Labute approximate surface area is 192 Å². The lowest BCUT2D eigenvalue weighted by Gasteiger charge is -2.44. The zero-order valence-corrected chi connectivity index (χ0v) is 20.2.